The molecule has 1 amide bonds. The first-order valence-corrected chi connectivity index (χ1v) is 7.33. The third kappa shape index (κ3) is 10.4. The van der Waals surface area contributed by atoms with Crippen LogP contribution >= 0.6 is 0 Å². The quantitative estimate of drug-likeness (QED) is 0.374. The molecule has 0 fully saturated rings. The van der Waals surface area contributed by atoms with Crippen LogP contribution in [0.4, 0.5) is 0 Å². The molecular formula is C14H30N4O3. The summed E-state index contributed by atoms with van der Waals surface area (Å²) in [4.78, 5) is 24.8. The lowest BCUT2D eigenvalue weighted by atomic mass is 10.0. The average Bonchev–Trinajstić information content (AvgIpc) is 2.39. The zero-order valence-corrected chi connectivity index (χ0v) is 13.6. The van der Waals surface area contributed by atoms with Crippen molar-refractivity contribution in [2.75, 3.05) is 33.4 Å². The van der Waals surface area contributed by atoms with Crippen LogP contribution in [0, 0.1) is 5.92 Å². The maximum absolute atomic E-state index is 11.6. The highest BCUT2D eigenvalue weighted by molar-refractivity contribution is 5.85. The molecule has 0 aliphatic carbocycles. The van der Waals surface area contributed by atoms with E-state index in [1.54, 1.807) is 18.9 Å². The molecule has 0 aliphatic heterocycles. The van der Waals surface area contributed by atoms with Crippen LogP contribution in [0.5, 0.6) is 0 Å². The highest BCUT2D eigenvalue weighted by Gasteiger charge is 2.21. The molecule has 1 atom stereocenters. The van der Waals surface area contributed by atoms with E-state index in [1.807, 2.05) is 13.8 Å². The summed E-state index contributed by atoms with van der Waals surface area (Å²) in [6.07, 6.45) is 0.468. The Balaban J connectivity index is 3.94. The first-order valence-electron chi connectivity index (χ1n) is 7.33. The molecule has 7 heteroatoms. The SMILES string of the molecule is CC(C)C(=O)CCC(=O)NCN(C)CC(C)(O)NCCN. The third-order valence-corrected chi connectivity index (χ3v) is 3.02. The number of carbonyl (C=O) groups is 2. The summed E-state index contributed by atoms with van der Waals surface area (Å²) in [6.45, 7) is 6.93. The number of rotatable bonds is 11. The van der Waals surface area contributed by atoms with E-state index in [2.05, 4.69) is 10.6 Å². The fraction of sp³-hybridized carbons (Fsp3) is 0.857. The Morgan fingerprint density at radius 1 is 1.33 bits per heavy atom. The van der Waals surface area contributed by atoms with Gasteiger partial charge in [0.1, 0.15) is 11.5 Å². The summed E-state index contributed by atoms with van der Waals surface area (Å²) in [6, 6.07) is 0. The van der Waals surface area contributed by atoms with Crippen LogP contribution in [0.25, 0.3) is 0 Å². The fourth-order valence-electron chi connectivity index (χ4n) is 1.82. The Kier molecular flexibility index (Phi) is 9.36. The fourth-order valence-corrected chi connectivity index (χ4v) is 1.82. The lowest BCUT2D eigenvalue weighted by molar-refractivity contribution is -0.127. The predicted molar refractivity (Wildman–Crippen MR) is 82.4 cm³/mol. The second-order valence-corrected chi connectivity index (χ2v) is 5.88. The molecule has 0 radical (unpaired) electrons. The Morgan fingerprint density at radius 3 is 2.48 bits per heavy atom. The highest BCUT2D eigenvalue weighted by Crippen LogP contribution is 2.02. The number of hydrogen-bond donors (Lipinski definition) is 4. The first kappa shape index (κ1) is 20.0. The highest BCUT2D eigenvalue weighted by atomic mass is 16.3. The van der Waals surface area contributed by atoms with Gasteiger partial charge < -0.3 is 16.2 Å². The minimum atomic E-state index is -1.06. The normalized spacial score (nSPS) is 14.3. The lowest BCUT2D eigenvalue weighted by Gasteiger charge is -2.30. The van der Waals surface area contributed by atoms with E-state index >= 15 is 0 Å². The molecule has 0 aliphatic rings. The smallest absolute Gasteiger partial charge is 0.221 e. The van der Waals surface area contributed by atoms with Crippen LogP contribution in [-0.2, 0) is 9.59 Å². The molecule has 0 aromatic heterocycles. The molecular weight excluding hydrogens is 272 g/mol. The van der Waals surface area contributed by atoms with Crippen molar-refractivity contribution in [1.82, 2.24) is 15.5 Å². The maximum atomic E-state index is 11.6. The van der Waals surface area contributed by atoms with Crippen LogP contribution in [0.1, 0.15) is 33.6 Å². The maximum Gasteiger partial charge on any atom is 0.221 e. The standard InChI is InChI=1S/C14H30N4O3/c1-11(2)12(19)5-6-13(20)16-10-18(4)9-14(3,21)17-8-7-15/h11,17,21H,5-10,15H2,1-4H3,(H,16,20). The third-order valence-electron chi connectivity index (χ3n) is 3.02. The molecule has 0 rings (SSSR count). The monoisotopic (exact) mass is 302 g/mol. The summed E-state index contributed by atoms with van der Waals surface area (Å²) in [5.41, 5.74) is 4.31. The van der Waals surface area contributed by atoms with Gasteiger partial charge in [0, 0.05) is 38.4 Å². The van der Waals surface area contributed by atoms with Gasteiger partial charge in [-0.15, -0.1) is 0 Å². The van der Waals surface area contributed by atoms with Gasteiger partial charge in [-0.1, -0.05) is 13.8 Å². The molecule has 0 heterocycles. The Morgan fingerprint density at radius 2 is 1.95 bits per heavy atom. The molecule has 1 unspecified atom stereocenters. The number of aliphatic hydroxyl groups is 1. The first-order chi connectivity index (χ1) is 9.68. The number of nitrogens with two attached hydrogens (primary N) is 1. The van der Waals surface area contributed by atoms with E-state index < -0.39 is 5.72 Å². The van der Waals surface area contributed by atoms with Crippen molar-refractivity contribution < 1.29 is 14.7 Å². The predicted octanol–water partition coefficient (Wildman–Crippen LogP) is -0.746. The van der Waals surface area contributed by atoms with Gasteiger partial charge in [-0.2, -0.15) is 0 Å². The van der Waals surface area contributed by atoms with Gasteiger partial charge in [0.05, 0.1) is 6.67 Å². The molecule has 0 bridgehead atoms. The van der Waals surface area contributed by atoms with Crippen LogP contribution in [0.3, 0.4) is 0 Å². The number of likely N-dealkylation sites (N-methyl/N-ethyl adjacent to an activating group) is 1. The van der Waals surface area contributed by atoms with Crippen molar-refractivity contribution in [3.8, 4) is 0 Å². The Bertz CT molecular complexity index is 332. The van der Waals surface area contributed by atoms with E-state index in [9.17, 15) is 14.7 Å². The number of nitrogens with one attached hydrogen (secondary N) is 2. The van der Waals surface area contributed by atoms with Gasteiger partial charge in [0.25, 0.3) is 0 Å². The minimum absolute atomic E-state index is 0.0378. The van der Waals surface area contributed by atoms with Crippen LogP contribution in [0.2, 0.25) is 0 Å². The summed E-state index contributed by atoms with van der Waals surface area (Å²) < 4.78 is 0. The van der Waals surface area contributed by atoms with Gasteiger partial charge in [-0.25, -0.2) is 0 Å². The summed E-state index contributed by atoms with van der Waals surface area (Å²) in [5.74, 6) is -0.109. The second-order valence-electron chi connectivity index (χ2n) is 5.88. The lowest BCUT2D eigenvalue weighted by Crippen LogP contribution is -2.53. The number of amides is 1. The second kappa shape index (κ2) is 9.83. The van der Waals surface area contributed by atoms with Gasteiger partial charge in [0.2, 0.25) is 5.91 Å². The molecule has 5 N–H and O–H groups in total. The minimum Gasteiger partial charge on any atom is -0.375 e. The van der Waals surface area contributed by atoms with Crippen molar-refractivity contribution in [3.63, 3.8) is 0 Å². The summed E-state index contributed by atoms with van der Waals surface area (Å²) in [5, 5.41) is 15.7. The topological polar surface area (TPSA) is 108 Å². The van der Waals surface area contributed by atoms with Crippen molar-refractivity contribution in [3.05, 3.63) is 0 Å². The van der Waals surface area contributed by atoms with E-state index in [0.29, 0.717) is 26.3 Å². The van der Waals surface area contributed by atoms with Crippen molar-refractivity contribution >= 4 is 11.7 Å². The van der Waals surface area contributed by atoms with Crippen LogP contribution in [-0.4, -0.2) is 60.8 Å². The van der Waals surface area contributed by atoms with Gasteiger partial charge >= 0.3 is 0 Å². The molecule has 0 spiro atoms. The van der Waals surface area contributed by atoms with Gasteiger partial charge in [-0.3, -0.25) is 19.8 Å². The molecule has 0 saturated heterocycles. The average molecular weight is 302 g/mol. The van der Waals surface area contributed by atoms with E-state index in [-0.39, 0.29) is 30.4 Å². The number of Topliss-reactive ketones (excluding diaryl/α,β-unsaturated/α-hetero) is 1. The largest absolute Gasteiger partial charge is 0.375 e. The number of hydrogen-bond acceptors (Lipinski definition) is 6. The van der Waals surface area contributed by atoms with E-state index in [1.165, 1.54) is 0 Å². The molecule has 0 aromatic rings. The van der Waals surface area contributed by atoms with Crippen LogP contribution in [0.15, 0.2) is 0 Å². The number of ketones is 1. The van der Waals surface area contributed by atoms with Crippen LogP contribution < -0.4 is 16.4 Å². The molecule has 21 heavy (non-hydrogen) atoms. The van der Waals surface area contributed by atoms with Crippen molar-refractivity contribution in [2.24, 2.45) is 11.7 Å². The van der Waals surface area contributed by atoms with Gasteiger partial charge in [-0.05, 0) is 14.0 Å². The van der Waals surface area contributed by atoms with E-state index in [4.69, 9.17) is 5.73 Å². The molecule has 124 valence electrons. The molecule has 0 aromatic carbocycles. The Hall–Kier alpha value is -1.02. The zero-order valence-electron chi connectivity index (χ0n) is 13.6. The van der Waals surface area contributed by atoms with Crippen molar-refractivity contribution in [2.45, 2.75) is 39.3 Å². The number of carbonyl (C=O) groups excluding carboxylic acids is 2. The van der Waals surface area contributed by atoms with E-state index in [0.717, 1.165) is 0 Å². The number of nitrogens with zero attached hydrogens (tertiary/aromatic N) is 1. The zero-order chi connectivity index (χ0) is 16.5. The Labute approximate surface area is 127 Å². The molecule has 7 nitrogen and oxygen atoms in total. The summed E-state index contributed by atoms with van der Waals surface area (Å²) >= 11 is 0. The molecule has 0 saturated carbocycles. The van der Waals surface area contributed by atoms with Crippen molar-refractivity contribution in [1.29, 1.82) is 0 Å². The summed E-state index contributed by atoms with van der Waals surface area (Å²) in [7, 11) is 1.79. The van der Waals surface area contributed by atoms with Gasteiger partial charge in [0.15, 0.2) is 0 Å².